The van der Waals surface area contributed by atoms with E-state index in [0.717, 1.165) is 0 Å². The van der Waals surface area contributed by atoms with Crippen LogP contribution in [0.2, 0.25) is 0 Å². The summed E-state index contributed by atoms with van der Waals surface area (Å²) >= 11 is 0. The van der Waals surface area contributed by atoms with Crippen LogP contribution in [-0.4, -0.2) is 47.8 Å². The number of fused-ring (bicyclic) bond motifs is 16. The van der Waals surface area contributed by atoms with E-state index >= 15 is 0 Å². The summed E-state index contributed by atoms with van der Waals surface area (Å²) in [5.74, 6) is -1.89. The van der Waals surface area contributed by atoms with Crippen LogP contribution in [0, 0.1) is 0 Å². The van der Waals surface area contributed by atoms with E-state index in [1.54, 1.807) is 55.4 Å². The molecule has 0 spiro atoms. The monoisotopic (exact) mass is 1300 g/mol. The Balaban J connectivity index is 1.30. The van der Waals surface area contributed by atoms with Gasteiger partial charge in [0.25, 0.3) is 0 Å². The summed E-state index contributed by atoms with van der Waals surface area (Å²) in [5.41, 5.74) is 9.32. The molecule has 0 saturated carbocycles. The van der Waals surface area contributed by atoms with Crippen molar-refractivity contribution in [2.24, 2.45) is 0 Å². The Hall–Kier alpha value is -10.5. The van der Waals surface area contributed by atoms with Gasteiger partial charge in [-0.25, -0.2) is 0 Å². The van der Waals surface area contributed by atoms with E-state index in [4.69, 9.17) is 37.9 Å². The van der Waals surface area contributed by atoms with Crippen LogP contribution < -0.4 is 37.9 Å². The number of carbonyl (C=O) groups is 8. The van der Waals surface area contributed by atoms with Crippen molar-refractivity contribution in [1.29, 1.82) is 0 Å². The predicted molar refractivity (Wildman–Crippen MR) is 361 cm³/mol. The molecule has 1 aliphatic rings. The molecule has 16 nitrogen and oxygen atoms in total. The molecule has 0 heterocycles. The summed E-state index contributed by atoms with van der Waals surface area (Å²) < 4.78 is 50.2. The zero-order chi connectivity index (χ0) is 68.4. The first-order valence-corrected chi connectivity index (χ1v) is 33.0. The van der Waals surface area contributed by atoms with E-state index in [1.165, 1.54) is 0 Å². The van der Waals surface area contributed by atoms with Gasteiger partial charge in [0.15, 0.2) is 0 Å². The van der Waals surface area contributed by atoms with Gasteiger partial charge in [0.05, 0.1) is 0 Å². The Morgan fingerprint density at radius 1 is 0.188 bits per heavy atom. The first-order valence-electron chi connectivity index (χ1n) is 33.0. The highest BCUT2D eigenvalue weighted by Crippen LogP contribution is 2.42. The Morgan fingerprint density at radius 2 is 0.271 bits per heavy atom. The van der Waals surface area contributed by atoms with Gasteiger partial charge in [-0.1, -0.05) is 201 Å². The molecule has 8 aromatic carbocycles. The molecule has 0 saturated heterocycles. The van der Waals surface area contributed by atoms with Gasteiger partial charge in [-0.2, -0.15) is 0 Å². The van der Waals surface area contributed by atoms with Crippen LogP contribution in [0.25, 0.3) is 0 Å². The maximum Gasteiger partial charge on any atom is 0.310 e. The van der Waals surface area contributed by atoms with Crippen LogP contribution in [0.1, 0.15) is 196 Å². The maximum absolute atomic E-state index is 13.6. The smallest absolute Gasteiger partial charge is 0.310 e. The SMILES string of the molecule is CCC(=O)Oc1c2cccc1Cc1cccc(c1OC(=O)CC)Cc1cccc(c1OC(=O)CC)Cc1cccc(c1OC(=O)CC)Cc1cccc(c1OC(=O)CC)Cc1cccc(c1OC(=O)CC)Cc1cccc(c1OC(=O)CC)Cc1cccc(c1OC(=O)CC)C2. The fourth-order valence-electron chi connectivity index (χ4n) is 11.5. The second-order valence-electron chi connectivity index (χ2n) is 23.3. The standard InChI is InChI=1S/C80H80O16/c1-9-65(81)89-73-49-25-17-26-50(73)42-52-28-19-30-54(75(52)91-67(83)11-3)44-56-32-21-34-58(77(56)93-69(85)13-5)46-60-36-23-38-62(79(60)95-71(87)15-7)48-64-40-24-39-63(80(64)96-72(88)16-8)47-61-37-22-35-59(78(61)94-70(86)14-6)45-57-33-20-31-55(76(57)92-68(84)12-4)43-53-29-18-27-51(41-49)74(53)90-66(82)10-2/h17-40H,9-16,41-48H2,1-8H3. The minimum atomic E-state index is -0.504. The van der Waals surface area contributed by atoms with E-state index in [2.05, 4.69) is 0 Å². The lowest BCUT2D eigenvalue weighted by Gasteiger charge is -2.21. The third-order valence-electron chi connectivity index (χ3n) is 16.5. The van der Waals surface area contributed by atoms with Gasteiger partial charge in [0.1, 0.15) is 46.0 Å². The zero-order valence-electron chi connectivity index (χ0n) is 55.7. The molecule has 8 aromatic rings. The summed E-state index contributed by atoms with van der Waals surface area (Å²) in [4.78, 5) is 109. The van der Waals surface area contributed by atoms with Crippen molar-refractivity contribution in [1.82, 2.24) is 0 Å². The summed E-state index contributed by atoms with van der Waals surface area (Å²) in [6, 6.07) is 44.1. The molecular weight excluding hydrogens is 1220 g/mol. The molecule has 0 radical (unpaired) electrons. The first kappa shape index (κ1) is 69.9. The minimum Gasteiger partial charge on any atom is -0.426 e. The average molecular weight is 1300 g/mol. The Kier molecular flexibility index (Phi) is 24.1. The lowest BCUT2D eigenvalue weighted by molar-refractivity contribution is -0.135. The Bertz CT molecular complexity index is 3280. The van der Waals surface area contributed by atoms with Crippen LogP contribution in [0.4, 0.5) is 0 Å². The van der Waals surface area contributed by atoms with Gasteiger partial charge >= 0.3 is 47.8 Å². The third-order valence-corrected chi connectivity index (χ3v) is 16.5. The van der Waals surface area contributed by atoms with Gasteiger partial charge in [-0.05, 0) is 89.0 Å². The second-order valence-corrected chi connectivity index (χ2v) is 23.3. The van der Waals surface area contributed by atoms with E-state index in [1.807, 2.05) is 146 Å². The molecule has 0 unspecified atom stereocenters. The fourth-order valence-corrected chi connectivity index (χ4v) is 11.5. The number of hydrogen-bond acceptors (Lipinski definition) is 16. The average Bonchev–Trinajstić information content (AvgIpc) is 0.813. The van der Waals surface area contributed by atoms with E-state index in [-0.39, 0.29) is 149 Å². The third kappa shape index (κ3) is 17.3. The van der Waals surface area contributed by atoms with Crippen LogP contribution in [0.3, 0.4) is 0 Å². The van der Waals surface area contributed by atoms with Crippen molar-refractivity contribution in [3.8, 4) is 46.0 Å². The van der Waals surface area contributed by atoms with E-state index in [0.29, 0.717) is 89.0 Å². The van der Waals surface area contributed by atoms with Gasteiger partial charge in [0.2, 0.25) is 0 Å². The topological polar surface area (TPSA) is 210 Å². The highest BCUT2D eigenvalue weighted by molar-refractivity contribution is 5.79. The highest BCUT2D eigenvalue weighted by Gasteiger charge is 2.28. The molecule has 16 heteroatoms. The molecule has 0 aliphatic heterocycles. The number of esters is 8. The summed E-state index contributed by atoms with van der Waals surface area (Å²) in [6.07, 6.45) is 1.27. The number of para-hydroxylation sites is 8. The predicted octanol–water partition coefficient (Wildman–Crippen LogP) is 15.2. The lowest BCUT2D eigenvalue weighted by atomic mass is 9.91. The van der Waals surface area contributed by atoms with Crippen molar-refractivity contribution in [2.75, 3.05) is 0 Å². The largest absolute Gasteiger partial charge is 0.426 e. The molecule has 0 atom stereocenters. The van der Waals surface area contributed by atoms with Gasteiger partial charge in [0, 0.05) is 103 Å². The molecular formula is C80H80O16. The molecule has 496 valence electrons. The van der Waals surface area contributed by atoms with Crippen molar-refractivity contribution in [2.45, 2.75) is 158 Å². The fraction of sp³-hybridized carbons (Fsp3) is 0.300. The second kappa shape index (κ2) is 33.1. The maximum atomic E-state index is 13.6. The van der Waals surface area contributed by atoms with E-state index < -0.39 is 47.8 Å². The van der Waals surface area contributed by atoms with Crippen molar-refractivity contribution >= 4 is 47.8 Å². The zero-order valence-corrected chi connectivity index (χ0v) is 55.7. The molecule has 0 fully saturated rings. The van der Waals surface area contributed by atoms with Gasteiger partial charge < -0.3 is 37.9 Å². The molecule has 0 N–H and O–H groups in total. The highest BCUT2D eigenvalue weighted by atomic mass is 16.6. The van der Waals surface area contributed by atoms with Crippen LogP contribution in [0.5, 0.6) is 46.0 Å². The van der Waals surface area contributed by atoms with Crippen molar-refractivity contribution in [3.63, 3.8) is 0 Å². The quantitative estimate of drug-likeness (QED) is 0.0650. The van der Waals surface area contributed by atoms with Crippen molar-refractivity contribution < 1.29 is 76.3 Å². The molecule has 96 heavy (non-hydrogen) atoms. The number of ether oxygens (including phenoxy) is 8. The Morgan fingerprint density at radius 3 is 0.344 bits per heavy atom. The first-order chi connectivity index (χ1) is 46.5. The molecule has 16 bridgehead atoms. The molecule has 0 aromatic heterocycles. The lowest BCUT2D eigenvalue weighted by Crippen LogP contribution is -2.14. The normalized spacial score (nSPS) is 12.1. The minimum absolute atomic E-state index is 0.0471. The summed E-state index contributed by atoms with van der Waals surface area (Å²) in [6.45, 7) is 13.6. The molecule has 1 aliphatic carbocycles. The van der Waals surface area contributed by atoms with E-state index in [9.17, 15) is 38.4 Å². The van der Waals surface area contributed by atoms with Crippen molar-refractivity contribution in [3.05, 3.63) is 235 Å². The number of carbonyl (C=O) groups excluding carboxylic acids is 8. The van der Waals surface area contributed by atoms with Crippen LogP contribution in [0.15, 0.2) is 146 Å². The molecule has 9 rings (SSSR count). The van der Waals surface area contributed by atoms with Crippen LogP contribution >= 0.6 is 0 Å². The summed E-state index contributed by atoms with van der Waals surface area (Å²) in [7, 11) is 0. The number of rotatable bonds is 16. The van der Waals surface area contributed by atoms with Crippen LogP contribution in [-0.2, 0) is 89.7 Å². The molecule has 0 amide bonds. The Labute approximate surface area is 560 Å². The van der Waals surface area contributed by atoms with Gasteiger partial charge in [-0.15, -0.1) is 0 Å². The summed E-state index contributed by atoms with van der Waals surface area (Å²) in [5, 5.41) is 0. The van der Waals surface area contributed by atoms with Gasteiger partial charge in [-0.3, -0.25) is 38.4 Å². The number of hydrogen-bond donors (Lipinski definition) is 0. The number of benzene rings is 8.